The van der Waals surface area contributed by atoms with Gasteiger partial charge in [0.15, 0.2) is 5.72 Å². The molecular formula is C31H29NO2. The zero-order valence-corrected chi connectivity index (χ0v) is 19.3. The Hall–Kier alpha value is -3.66. The van der Waals surface area contributed by atoms with Gasteiger partial charge in [-0.15, -0.1) is 0 Å². The number of rotatable bonds is 9. The second-order valence-electron chi connectivity index (χ2n) is 8.54. The van der Waals surface area contributed by atoms with Crippen molar-refractivity contribution in [2.75, 3.05) is 6.61 Å². The van der Waals surface area contributed by atoms with Crippen LogP contribution in [0.4, 0.5) is 0 Å². The van der Waals surface area contributed by atoms with E-state index in [1.807, 2.05) is 12.1 Å². The molecule has 4 aromatic rings. The summed E-state index contributed by atoms with van der Waals surface area (Å²) < 4.78 is 12.6. The van der Waals surface area contributed by atoms with Crippen molar-refractivity contribution in [3.63, 3.8) is 0 Å². The van der Waals surface area contributed by atoms with Crippen LogP contribution in [0.15, 0.2) is 122 Å². The second-order valence-corrected chi connectivity index (χ2v) is 8.54. The fourth-order valence-electron chi connectivity index (χ4n) is 4.73. The number of fused-ring (bicyclic) bond motifs is 1. The van der Waals surface area contributed by atoms with Crippen LogP contribution in [0.1, 0.15) is 27.8 Å². The Labute approximate surface area is 201 Å². The molecule has 34 heavy (non-hydrogen) atoms. The maximum Gasteiger partial charge on any atom is 0.175 e. The number of hydrogen-bond acceptors (Lipinski definition) is 3. The van der Waals surface area contributed by atoms with Gasteiger partial charge in [-0.25, -0.2) is 0 Å². The summed E-state index contributed by atoms with van der Waals surface area (Å²) in [6.07, 6.45) is 1.75. The third-order valence-corrected chi connectivity index (χ3v) is 6.31. The maximum atomic E-state index is 6.96. The standard InChI is InChI=1S/C31H29NO2/c1-2-21-33-29-19-17-26(18-20-29)24-34-31(28-14-7-4-8-15-28)30-16-10-9-13-27(30)23-32(31)22-25-11-5-3-6-12-25/h2-20H,1,21-24H2. The minimum atomic E-state index is -0.675. The van der Waals surface area contributed by atoms with Gasteiger partial charge in [0.1, 0.15) is 12.4 Å². The molecular weight excluding hydrogens is 418 g/mol. The highest BCUT2D eigenvalue weighted by Crippen LogP contribution is 2.46. The maximum absolute atomic E-state index is 6.96. The molecule has 3 nitrogen and oxygen atoms in total. The van der Waals surface area contributed by atoms with Gasteiger partial charge in [-0.3, -0.25) is 4.90 Å². The summed E-state index contributed by atoms with van der Waals surface area (Å²) in [7, 11) is 0. The summed E-state index contributed by atoms with van der Waals surface area (Å²) in [5.41, 5.74) is 5.35. The molecule has 0 aliphatic carbocycles. The summed E-state index contributed by atoms with van der Waals surface area (Å²) in [5, 5.41) is 0. The Balaban J connectivity index is 1.52. The van der Waals surface area contributed by atoms with Crippen LogP contribution in [0.5, 0.6) is 5.75 Å². The van der Waals surface area contributed by atoms with Gasteiger partial charge >= 0.3 is 0 Å². The van der Waals surface area contributed by atoms with Gasteiger partial charge in [0.25, 0.3) is 0 Å². The highest BCUT2D eigenvalue weighted by Gasteiger charge is 2.47. The summed E-state index contributed by atoms with van der Waals surface area (Å²) >= 11 is 0. The first-order chi connectivity index (χ1) is 16.8. The number of benzene rings is 4. The van der Waals surface area contributed by atoms with E-state index >= 15 is 0 Å². The molecule has 0 fully saturated rings. The molecule has 0 saturated carbocycles. The summed E-state index contributed by atoms with van der Waals surface area (Å²) in [6, 6.07) is 38.0. The SMILES string of the molecule is C=CCOc1ccc(COC2(c3ccccc3)c3ccccc3CN2Cc2ccccc2)cc1. The van der Waals surface area contributed by atoms with Crippen LogP contribution in [0, 0.1) is 0 Å². The largest absolute Gasteiger partial charge is 0.490 e. The van der Waals surface area contributed by atoms with Crippen molar-refractivity contribution in [1.29, 1.82) is 0 Å². The lowest BCUT2D eigenvalue weighted by Gasteiger charge is -2.40. The van der Waals surface area contributed by atoms with Gasteiger partial charge in [0, 0.05) is 24.2 Å². The molecule has 1 atom stereocenters. The monoisotopic (exact) mass is 447 g/mol. The molecule has 1 heterocycles. The van der Waals surface area contributed by atoms with Gasteiger partial charge in [-0.1, -0.05) is 110 Å². The second kappa shape index (κ2) is 10.1. The average Bonchev–Trinajstić information content (AvgIpc) is 3.21. The number of hydrogen-bond donors (Lipinski definition) is 0. The zero-order valence-electron chi connectivity index (χ0n) is 19.3. The van der Waals surface area contributed by atoms with Crippen molar-refractivity contribution in [1.82, 2.24) is 4.90 Å². The molecule has 0 saturated heterocycles. The Bertz CT molecular complexity index is 1220. The highest BCUT2D eigenvalue weighted by atomic mass is 16.5. The van der Waals surface area contributed by atoms with E-state index in [2.05, 4.69) is 109 Å². The topological polar surface area (TPSA) is 21.7 Å². The van der Waals surface area contributed by atoms with Crippen molar-refractivity contribution in [2.45, 2.75) is 25.4 Å². The molecule has 0 amide bonds. The Kier molecular flexibility index (Phi) is 6.57. The molecule has 1 aliphatic heterocycles. The van der Waals surface area contributed by atoms with E-state index in [0.717, 1.165) is 30.0 Å². The third kappa shape index (κ3) is 4.41. The van der Waals surface area contributed by atoms with E-state index in [1.165, 1.54) is 16.7 Å². The normalized spacial score (nSPS) is 17.3. The van der Waals surface area contributed by atoms with Crippen LogP contribution >= 0.6 is 0 Å². The van der Waals surface area contributed by atoms with Crippen molar-refractivity contribution in [2.24, 2.45) is 0 Å². The molecule has 4 aromatic carbocycles. The van der Waals surface area contributed by atoms with Crippen LogP contribution in [0.25, 0.3) is 0 Å². The third-order valence-electron chi connectivity index (χ3n) is 6.31. The predicted octanol–water partition coefficient (Wildman–Crippen LogP) is 6.69. The van der Waals surface area contributed by atoms with Gasteiger partial charge in [0.05, 0.1) is 6.61 Å². The minimum Gasteiger partial charge on any atom is -0.490 e. The van der Waals surface area contributed by atoms with Crippen LogP contribution in [0.2, 0.25) is 0 Å². The fourth-order valence-corrected chi connectivity index (χ4v) is 4.73. The average molecular weight is 448 g/mol. The van der Waals surface area contributed by atoms with E-state index in [4.69, 9.17) is 9.47 Å². The predicted molar refractivity (Wildman–Crippen MR) is 136 cm³/mol. The number of nitrogens with zero attached hydrogens (tertiary/aromatic N) is 1. The van der Waals surface area contributed by atoms with Crippen molar-refractivity contribution in [3.05, 3.63) is 150 Å². The molecule has 0 aromatic heterocycles. The molecule has 3 heteroatoms. The summed E-state index contributed by atoms with van der Waals surface area (Å²) in [5.74, 6) is 0.832. The van der Waals surface area contributed by atoms with E-state index < -0.39 is 5.72 Å². The molecule has 5 rings (SSSR count). The van der Waals surface area contributed by atoms with Crippen LogP contribution < -0.4 is 4.74 Å². The lowest BCUT2D eigenvalue weighted by atomic mass is 9.93. The van der Waals surface area contributed by atoms with Gasteiger partial charge in [-0.2, -0.15) is 0 Å². The molecule has 0 radical (unpaired) electrons. The van der Waals surface area contributed by atoms with Crippen LogP contribution in [0.3, 0.4) is 0 Å². The van der Waals surface area contributed by atoms with Crippen LogP contribution in [-0.2, 0) is 30.2 Å². The molecule has 0 N–H and O–H groups in total. The summed E-state index contributed by atoms with van der Waals surface area (Å²) in [6.45, 7) is 6.31. The lowest BCUT2D eigenvalue weighted by Crippen LogP contribution is -2.44. The van der Waals surface area contributed by atoms with Gasteiger partial charge < -0.3 is 9.47 Å². The fraction of sp³-hybridized carbons (Fsp3) is 0.161. The minimum absolute atomic E-state index is 0.482. The van der Waals surface area contributed by atoms with E-state index in [9.17, 15) is 0 Å². The first-order valence-corrected chi connectivity index (χ1v) is 11.7. The first kappa shape index (κ1) is 22.1. The molecule has 0 spiro atoms. The smallest absolute Gasteiger partial charge is 0.175 e. The molecule has 1 aliphatic rings. The number of ether oxygens (including phenoxy) is 2. The van der Waals surface area contributed by atoms with Gasteiger partial charge in [-0.05, 0) is 28.8 Å². The molecule has 1 unspecified atom stereocenters. The van der Waals surface area contributed by atoms with E-state index in [1.54, 1.807) is 6.08 Å². The van der Waals surface area contributed by atoms with Crippen molar-refractivity contribution < 1.29 is 9.47 Å². The molecule has 170 valence electrons. The van der Waals surface area contributed by atoms with Crippen molar-refractivity contribution >= 4 is 0 Å². The van der Waals surface area contributed by atoms with Crippen molar-refractivity contribution in [3.8, 4) is 5.75 Å². The van der Waals surface area contributed by atoms with Gasteiger partial charge in [0.2, 0.25) is 0 Å². The Morgan fingerprint density at radius 3 is 2.18 bits per heavy atom. The quantitative estimate of drug-likeness (QED) is 0.267. The first-order valence-electron chi connectivity index (χ1n) is 11.7. The summed E-state index contributed by atoms with van der Waals surface area (Å²) in [4.78, 5) is 2.45. The van der Waals surface area contributed by atoms with E-state index in [-0.39, 0.29) is 0 Å². The lowest BCUT2D eigenvalue weighted by molar-refractivity contribution is -0.139. The molecule has 0 bridgehead atoms. The highest BCUT2D eigenvalue weighted by molar-refractivity contribution is 5.45. The Morgan fingerprint density at radius 1 is 0.765 bits per heavy atom. The van der Waals surface area contributed by atoms with Crippen LogP contribution in [-0.4, -0.2) is 11.5 Å². The Morgan fingerprint density at radius 2 is 1.44 bits per heavy atom. The zero-order chi connectivity index (χ0) is 23.2. The van der Waals surface area contributed by atoms with E-state index in [0.29, 0.717) is 13.2 Å².